The molecule has 1 N–H and O–H groups in total. The fraction of sp³-hybridized carbons (Fsp3) is 0.211. The number of aryl methyl sites for hydroxylation is 1. The molecule has 0 bridgehead atoms. The third-order valence-electron chi connectivity index (χ3n) is 4.36. The number of fused-ring (bicyclic) bond motifs is 1. The van der Waals surface area contributed by atoms with E-state index < -0.39 is 0 Å². The van der Waals surface area contributed by atoms with E-state index in [0.717, 1.165) is 27.8 Å². The van der Waals surface area contributed by atoms with E-state index >= 15 is 0 Å². The van der Waals surface area contributed by atoms with E-state index in [4.69, 9.17) is 4.74 Å². The van der Waals surface area contributed by atoms with Gasteiger partial charge in [0.2, 0.25) is 5.91 Å². The average Bonchev–Trinajstić information content (AvgIpc) is 3.36. The van der Waals surface area contributed by atoms with E-state index in [1.165, 1.54) is 0 Å². The number of amides is 1. The molecule has 0 saturated heterocycles. The molecule has 27 heavy (non-hydrogen) atoms. The van der Waals surface area contributed by atoms with Gasteiger partial charge >= 0.3 is 0 Å². The van der Waals surface area contributed by atoms with Crippen LogP contribution in [-0.4, -0.2) is 32.0 Å². The number of hydrogen-bond donors (Lipinski definition) is 1. The molecule has 0 aliphatic heterocycles. The maximum absolute atomic E-state index is 12.7. The molecular weight excluding hydrogens is 362 g/mol. The Hall–Kier alpha value is -3.13. The highest BCUT2D eigenvalue weighted by atomic mass is 32.1. The fourth-order valence-corrected chi connectivity index (χ4v) is 3.71. The van der Waals surface area contributed by atoms with E-state index in [1.54, 1.807) is 24.6 Å². The quantitative estimate of drug-likeness (QED) is 0.557. The molecule has 1 unspecified atom stereocenters. The van der Waals surface area contributed by atoms with Crippen molar-refractivity contribution in [1.29, 1.82) is 0 Å². The molecule has 0 aliphatic carbocycles. The first-order valence-corrected chi connectivity index (χ1v) is 9.33. The molecule has 4 aromatic rings. The lowest BCUT2D eigenvalue weighted by atomic mass is 10.1. The molecule has 3 heterocycles. The minimum atomic E-state index is -0.355. The highest BCUT2D eigenvalue weighted by molar-refractivity contribution is 7.15. The van der Waals surface area contributed by atoms with Crippen molar-refractivity contribution in [2.45, 2.75) is 12.5 Å². The molecular formula is C19H19N5O2S. The van der Waals surface area contributed by atoms with Crippen LogP contribution in [0.1, 0.15) is 23.1 Å². The van der Waals surface area contributed by atoms with Crippen LogP contribution in [0, 0.1) is 0 Å². The summed E-state index contributed by atoms with van der Waals surface area (Å²) in [6.07, 6.45) is 7.62. The number of nitrogens with zero attached hydrogens (tertiary/aromatic N) is 4. The molecule has 1 aromatic carbocycles. The highest BCUT2D eigenvalue weighted by Gasteiger charge is 2.21. The first kappa shape index (κ1) is 17.3. The number of imidazole rings is 2. The molecule has 3 aromatic heterocycles. The van der Waals surface area contributed by atoms with Crippen LogP contribution >= 0.6 is 11.3 Å². The summed E-state index contributed by atoms with van der Waals surface area (Å²) in [5, 5.41) is 5.06. The molecule has 0 radical (unpaired) electrons. The molecule has 0 spiro atoms. The van der Waals surface area contributed by atoms with Crippen LogP contribution in [0.4, 0.5) is 0 Å². The normalized spacial score (nSPS) is 12.2. The number of ether oxygens (including phenoxy) is 1. The Bertz CT molecular complexity index is 1030. The predicted molar refractivity (Wildman–Crippen MR) is 103 cm³/mol. The SMILES string of the molecule is COc1ccc(C(NC(=O)Cc2cn3ccsc3n2)c2nccn2C)cc1. The first-order chi connectivity index (χ1) is 13.1. The zero-order chi connectivity index (χ0) is 18.8. The van der Waals surface area contributed by atoms with Gasteiger partial charge in [-0.3, -0.25) is 9.20 Å². The van der Waals surface area contributed by atoms with Crippen LogP contribution in [0.5, 0.6) is 5.75 Å². The van der Waals surface area contributed by atoms with Gasteiger partial charge in [0, 0.05) is 37.2 Å². The Kier molecular flexibility index (Phi) is 4.64. The third kappa shape index (κ3) is 3.56. The van der Waals surface area contributed by atoms with Gasteiger partial charge in [-0.2, -0.15) is 0 Å². The van der Waals surface area contributed by atoms with E-state index in [0.29, 0.717) is 0 Å². The summed E-state index contributed by atoms with van der Waals surface area (Å²) >= 11 is 1.54. The zero-order valence-electron chi connectivity index (χ0n) is 15.0. The zero-order valence-corrected chi connectivity index (χ0v) is 15.8. The standard InChI is InChI=1S/C19H19N5O2S/c1-23-8-7-20-18(23)17(13-3-5-15(26-2)6-4-13)22-16(25)11-14-12-24-9-10-27-19(24)21-14/h3-10,12,17H,11H2,1-2H3,(H,22,25). The second-order valence-electron chi connectivity index (χ2n) is 6.17. The molecule has 0 saturated carbocycles. The van der Waals surface area contributed by atoms with E-state index in [9.17, 15) is 4.79 Å². The topological polar surface area (TPSA) is 73.4 Å². The lowest BCUT2D eigenvalue weighted by Gasteiger charge is -2.19. The van der Waals surface area contributed by atoms with Crippen molar-refractivity contribution in [3.05, 3.63) is 71.5 Å². The summed E-state index contributed by atoms with van der Waals surface area (Å²) < 4.78 is 9.05. The lowest BCUT2D eigenvalue weighted by Crippen LogP contribution is -2.32. The number of rotatable bonds is 6. The highest BCUT2D eigenvalue weighted by Crippen LogP contribution is 2.23. The number of nitrogens with one attached hydrogen (secondary N) is 1. The van der Waals surface area contributed by atoms with Gasteiger partial charge in [0.15, 0.2) is 4.96 Å². The van der Waals surface area contributed by atoms with E-state index in [2.05, 4.69) is 15.3 Å². The van der Waals surface area contributed by atoms with Crippen molar-refractivity contribution in [2.24, 2.45) is 7.05 Å². The molecule has 4 rings (SSSR count). The summed E-state index contributed by atoms with van der Waals surface area (Å²) in [5.74, 6) is 1.42. The molecule has 8 heteroatoms. The summed E-state index contributed by atoms with van der Waals surface area (Å²) in [6, 6.07) is 7.27. The van der Waals surface area contributed by atoms with Crippen molar-refractivity contribution in [1.82, 2.24) is 24.3 Å². The molecule has 138 valence electrons. The van der Waals surface area contributed by atoms with Gasteiger partial charge in [-0.25, -0.2) is 9.97 Å². The van der Waals surface area contributed by atoms with Gasteiger partial charge in [0.25, 0.3) is 0 Å². The Labute approximate surface area is 160 Å². The summed E-state index contributed by atoms with van der Waals surface area (Å²) in [6.45, 7) is 0. The van der Waals surface area contributed by atoms with Crippen LogP contribution in [0.25, 0.3) is 4.96 Å². The van der Waals surface area contributed by atoms with E-state index in [-0.39, 0.29) is 18.4 Å². The number of carbonyl (C=O) groups excluding carboxylic acids is 1. The van der Waals surface area contributed by atoms with Gasteiger partial charge in [-0.05, 0) is 17.7 Å². The lowest BCUT2D eigenvalue weighted by molar-refractivity contribution is -0.121. The fourth-order valence-electron chi connectivity index (χ4n) is 2.99. The van der Waals surface area contributed by atoms with Crippen molar-refractivity contribution in [2.75, 3.05) is 7.11 Å². The maximum Gasteiger partial charge on any atom is 0.226 e. The van der Waals surface area contributed by atoms with Gasteiger partial charge < -0.3 is 14.6 Å². The average molecular weight is 381 g/mol. The van der Waals surface area contributed by atoms with Gasteiger partial charge in [0.05, 0.1) is 19.2 Å². The smallest absolute Gasteiger partial charge is 0.226 e. The number of carbonyl (C=O) groups is 1. The maximum atomic E-state index is 12.7. The Morgan fingerprint density at radius 2 is 2.11 bits per heavy atom. The predicted octanol–water partition coefficient (Wildman–Crippen LogP) is 2.59. The van der Waals surface area contributed by atoms with Gasteiger partial charge in [-0.15, -0.1) is 11.3 Å². The Morgan fingerprint density at radius 3 is 2.78 bits per heavy atom. The Balaban J connectivity index is 1.57. The summed E-state index contributed by atoms with van der Waals surface area (Å²) in [7, 11) is 3.54. The molecule has 0 fully saturated rings. The second kappa shape index (κ2) is 7.24. The summed E-state index contributed by atoms with van der Waals surface area (Å²) in [4.78, 5) is 22.5. The summed E-state index contributed by atoms with van der Waals surface area (Å²) in [5.41, 5.74) is 1.68. The van der Waals surface area contributed by atoms with Crippen LogP contribution in [-0.2, 0) is 18.3 Å². The van der Waals surface area contributed by atoms with Crippen molar-refractivity contribution < 1.29 is 9.53 Å². The third-order valence-corrected chi connectivity index (χ3v) is 5.13. The minimum Gasteiger partial charge on any atom is -0.497 e. The number of hydrogen-bond acceptors (Lipinski definition) is 5. The Morgan fingerprint density at radius 1 is 1.30 bits per heavy atom. The minimum absolute atomic E-state index is 0.107. The van der Waals surface area contributed by atoms with Crippen molar-refractivity contribution >= 4 is 22.2 Å². The van der Waals surface area contributed by atoms with E-state index in [1.807, 2.05) is 64.3 Å². The van der Waals surface area contributed by atoms with Crippen LogP contribution in [0.2, 0.25) is 0 Å². The number of benzene rings is 1. The number of thiazole rings is 1. The monoisotopic (exact) mass is 381 g/mol. The molecule has 7 nitrogen and oxygen atoms in total. The second-order valence-corrected chi connectivity index (χ2v) is 7.04. The van der Waals surface area contributed by atoms with Gasteiger partial charge in [-0.1, -0.05) is 12.1 Å². The van der Waals surface area contributed by atoms with Crippen molar-refractivity contribution in [3.63, 3.8) is 0 Å². The molecule has 1 atom stereocenters. The van der Waals surface area contributed by atoms with Crippen molar-refractivity contribution in [3.8, 4) is 5.75 Å². The number of aromatic nitrogens is 4. The number of methoxy groups -OCH3 is 1. The van der Waals surface area contributed by atoms with Crippen LogP contribution < -0.4 is 10.1 Å². The van der Waals surface area contributed by atoms with Crippen LogP contribution in [0.15, 0.2) is 54.4 Å². The van der Waals surface area contributed by atoms with Crippen LogP contribution in [0.3, 0.4) is 0 Å². The molecule has 0 aliphatic rings. The largest absolute Gasteiger partial charge is 0.497 e. The first-order valence-electron chi connectivity index (χ1n) is 8.45. The molecule has 1 amide bonds. The van der Waals surface area contributed by atoms with Gasteiger partial charge in [0.1, 0.15) is 17.6 Å².